The normalized spacial score (nSPS) is 17.9. The smallest absolute Gasteiger partial charge is 0.226 e. The third-order valence-electron chi connectivity index (χ3n) is 6.44. The molecule has 0 radical (unpaired) electrons. The molecule has 2 heterocycles. The molecule has 2 nitrogen and oxygen atoms in total. The Morgan fingerprint density at radius 1 is 0.929 bits per heavy atom. The number of hydrogen-bond donors (Lipinski definition) is 0. The van der Waals surface area contributed by atoms with E-state index < -0.39 is 0 Å². The highest BCUT2D eigenvalue weighted by Gasteiger charge is 2.38. The Labute approximate surface area is 169 Å². The van der Waals surface area contributed by atoms with Gasteiger partial charge in [-0.3, -0.25) is 0 Å². The molecule has 0 amide bonds. The van der Waals surface area contributed by atoms with Gasteiger partial charge in [-0.2, -0.15) is 0 Å². The Morgan fingerprint density at radius 3 is 2.29 bits per heavy atom. The second-order valence-corrected chi connectivity index (χ2v) is 8.37. The second kappa shape index (κ2) is 7.16. The molecule has 28 heavy (non-hydrogen) atoms. The van der Waals surface area contributed by atoms with Gasteiger partial charge >= 0.3 is 5.82 Å². The first-order chi connectivity index (χ1) is 13.5. The summed E-state index contributed by atoms with van der Waals surface area (Å²) in [4.78, 5) is 5.03. The van der Waals surface area contributed by atoms with E-state index in [0.29, 0.717) is 12.0 Å². The lowest BCUT2D eigenvalue weighted by atomic mass is 9.78. The SMILES string of the molecule is CCC1c2c(C)cc(C)cc2-c2ncc(-c3c(C)cccc3C)c[n+]2C1CC. The van der Waals surface area contributed by atoms with Crippen LogP contribution in [0.4, 0.5) is 0 Å². The van der Waals surface area contributed by atoms with Gasteiger partial charge in [0.2, 0.25) is 0 Å². The summed E-state index contributed by atoms with van der Waals surface area (Å²) in [5.41, 5.74) is 10.7. The van der Waals surface area contributed by atoms with Crippen molar-refractivity contribution in [3.05, 3.63) is 70.5 Å². The van der Waals surface area contributed by atoms with Crippen LogP contribution >= 0.6 is 0 Å². The predicted octanol–water partition coefficient (Wildman–Crippen LogP) is 6.40. The molecule has 0 aliphatic carbocycles. The van der Waals surface area contributed by atoms with E-state index in [-0.39, 0.29) is 0 Å². The average molecular weight is 372 g/mol. The molecule has 3 aromatic rings. The van der Waals surface area contributed by atoms with Crippen LogP contribution in [0.15, 0.2) is 42.7 Å². The molecule has 0 saturated heterocycles. The van der Waals surface area contributed by atoms with Crippen molar-refractivity contribution < 1.29 is 4.57 Å². The molecule has 2 aromatic carbocycles. The van der Waals surface area contributed by atoms with E-state index >= 15 is 0 Å². The van der Waals surface area contributed by atoms with E-state index in [2.05, 4.69) is 88.8 Å². The number of nitrogens with zero attached hydrogens (tertiary/aromatic N) is 2. The number of fused-ring (bicyclic) bond motifs is 3. The molecule has 2 unspecified atom stereocenters. The van der Waals surface area contributed by atoms with Crippen LogP contribution in [-0.2, 0) is 0 Å². The molecule has 0 N–H and O–H groups in total. The Bertz CT molecular complexity index is 1030. The van der Waals surface area contributed by atoms with Gasteiger partial charge in [0.05, 0.1) is 11.1 Å². The topological polar surface area (TPSA) is 16.8 Å². The van der Waals surface area contributed by atoms with Gasteiger partial charge in [0.25, 0.3) is 0 Å². The number of aryl methyl sites for hydroxylation is 4. The number of rotatable bonds is 3. The monoisotopic (exact) mass is 371 g/mol. The minimum absolute atomic E-state index is 0.450. The van der Waals surface area contributed by atoms with Crippen molar-refractivity contribution >= 4 is 0 Å². The molecule has 144 valence electrons. The van der Waals surface area contributed by atoms with E-state index in [1.807, 2.05) is 0 Å². The van der Waals surface area contributed by atoms with Crippen molar-refractivity contribution in [2.75, 3.05) is 0 Å². The van der Waals surface area contributed by atoms with Crippen LogP contribution in [0.5, 0.6) is 0 Å². The summed E-state index contributed by atoms with van der Waals surface area (Å²) in [6, 6.07) is 11.6. The van der Waals surface area contributed by atoms with Gasteiger partial charge in [-0.05, 0) is 85.0 Å². The fraction of sp³-hybridized carbons (Fsp3) is 0.385. The zero-order valence-corrected chi connectivity index (χ0v) is 18.0. The summed E-state index contributed by atoms with van der Waals surface area (Å²) in [5.74, 6) is 1.65. The lowest BCUT2D eigenvalue weighted by Gasteiger charge is -2.32. The van der Waals surface area contributed by atoms with Gasteiger partial charge in [0.15, 0.2) is 6.20 Å². The van der Waals surface area contributed by atoms with Crippen molar-refractivity contribution in [1.82, 2.24) is 4.98 Å². The first-order valence-electron chi connectivity index (χ1n) is 10.6. The fourth-order valence-corrected chi connectivity index (χ4v) is 5.30. The maximum absolute atomic E-state index is 5.03. The summed E-state index contributed by atoms with van der Waals surface area (Å²) in [7, 11) is 0. The van der Waals surface area contributed by atoms with Crippen LogP contribution in [0.2, 0.25) is 0 Å². The summed E-state index contributed by atoms with van der Waals surface area (Å²) in [6.07, 6.45) is 6.69. The number of benzene rings is 2. The van der Waals surface area contributed by atoms with Gasteiger partial charge in [-0.1, -0.05) is 38.1 Å². The van der Waals surface area contributed by atoms with Crippen LogP contribution in [0, 0.1) is 27.7 Å². The molecular formula is C26H31N2+. The van der Waals surface area contributed by atoms with Crippen molar-refractivity contribution in [3.63, 3.8) is 0 Å². The zero-order valence-electron chi connectivity index (χ0n) is 18.0. The number of hydrogen-bond acceptors (Lipinski definition) is 1. The zero-order chi connectivity index (χ0) is 20.0. The van der Waals surface area contributed by atoms with E-state index in [1.165, 1.54) is 44.5 Å². The van der Waals surface area contributed by atoms with Crippen LogP contribution in [0.25, 0.3) is 22.5 Å². The van der Waals surface area contributed by atoms with Crippen LogP contribution in [0.1, 0.15) is 66.5 Å². The average Bonchev–Trinajstić information content (AvgIpc) is 2.66. The third-order valence-corrected chi connectivity index (χ3v) is 6.44. The van der Waals surface area contributed by atoms with Gasteiger partial charge in [0, 0.05) is 5.92 Å². The summed E-state index contributed by atoms with van der Waals surface area (Å²) in [6.45, 7) is 13.5. The highest BCUT2D eigenvalue weighted by atomic mass is 15.1. The van der Waals surface area contributed by atoms with E-state index in [4.69, 9.17) is 4.98 Å². The first-order valence-corrected chi connectivity index (χ1v) is 10.6. The molecule has 1 aliphatic rings. The first kappa shape index (κ1) is 18.9. The molecular weight excluding hydrogens is 340 g/mol. The number of aromatic nitrogens is 2. The molecule has 1 aliphatic heterocycles. The largest absolute Gasteiger partial charge is 0.330 e. The molecule has 0 saturated carbocycles. The molecule has 2 heteroatoms. The maximum atomic E-state index is 5.03. The van der Waals surface area contributed by atoms with Crippen LogP contribution in [0.3, 0.4) is 0 Å². The Balaban J connectivity index is 1.99. The standard InChI is InChI=1S/C26H31N2/c1-7-21-23(8-2)28-15-20(24-17(4)10-9-11-18(24)5)14-27-26(28)22-13-16(3)12-19(6)25(21)22/h9-15,21,23H,7-8H2,1-6H3/q+1. The van der Waals surface area contributed by atoms with E-state index in [0.717, 1.165) is 18.7 Å². The Hall–Kier alpha value is -2.48. The molecule has 4 rings (SSSR count). The Morgan fingerprint density at radius 2 is 1.64 bits per heavy atom. The minimum Gasteiger partial charge on any atom is -0.226 e. The lowest BCUT2D eigenvalue weighted by Crippen LogP contribution is -2.48. The van der Waals surface area contributed by atoms with Crippen LogP contribution in [-0.4, -0.2) is 4.98 Å². The predicted molar refractivity (Wildman–Crippen MR) is 117 cm³/mol. The molecule has 0 bridgehead atoms. The lowest BCUT2D eigenvalue weighted by molar-refractivity contribution is -0.720. The molecule has 0 spiro atoms. The van der Waals surface area contributed by atoms with Gasteiger partial charge in [-0.15, -0.1) is 0 Å². The third kappa shape index (κ3) is 2.87. The van der Waals surface area contributed by atoms with Gasteiger partial charge in [0.1, 0.15) is 12.2 Å². The van der Waals surface area contributed by atoms with Gasteiger partial charge in [-0.25, -0.2) is 4.57 Å². The molecule has 0 fully saturated rings. The van der Waals surface area contributed by atoms with Crippen molar-refractivity contribution in [2.24, 2.45) is 0 Å². The molecule has 1 aromatic heterocycles. The van der Waals surface area contributed by atoms with Gasteiger partial charge < -0.3 is 0 Å². The highest BCUT2D eigenvalue weighted by molar-refractivity contribution is 5.70. The maximum Gasteiger partial charge on any atom is 0.330 e. The fourth-order valence-electron chi connectivity index (χ4n) is 5.30. The summed E-state index contributed by atoms with van der Waals surface area (Å²) >= 11 is 0. The van der Waals surface area contributed by atoms with E-state index in [1.54, 1.807) is 0 Å². The quantitative estimate of drug-likeness (QED) is 0.487. The van der Waals surface area contributed by atoms with Crippen molar-refractivity contribution in [3.8, 4) is 22.5 Å². The Kier molecular flexibility index (Phi) is 4.82. The summed E-state index contributed by atoms with van der Waals surface area (Å²) < 4.78 is 2.47. The summed E-state index contributed by atoms with van der Waals surface area (Å²) in [5, 5.41) is 0. The highest BCUT2D eigenvalue weighted by Crippen LogP contribution is 2.43. The second-order valence-electron chi connectivity index (χ2n) is 8.37. The van der Waals surface area contributed by atoms with Crippen LogP contribution < -0.4 is 4.57 Å². The minimum atomic E-state index is 0.450. The molecule has 2 atom stereocenters. The van der Waals surface area contributed by atoms with Crippen molar-refractivity contribution in [1.29, 1.82) is 0 Å². The van der Waals surface area contributed by atoms with E-state index in [9.17, 15) is 0 Å². The van der Waals surface area contributed by atoms with Crippen molar-refractivity contribution in [2.45, 2.75) is 66.3 Å².